The second-order valence-electron chi connectivity index (χ2n) is 6.18. The van der Waals surface area contributed by atoms with Gasteiger partial charge in [-0.25, -0.2) is 8.42 Å². The molecule has 94 valence electrons. The summed E-state index contributed by atoms with van der Waals surface area (Å²) in [5, 5.41) is 4.53. The van der Waals surface area contributed by atoms with Crippen molar-refractivity contribution in [2.45, 2.75) is 47.1 Å². The third kappa shape index (κ3) is 2.77. The van der Waals surface area contributed by atoms with Crippen molar-refractivity contribution in [1.29, 1.82) is 0 Å². The van der Waals surface area contributed by atoms with Gasteiger partial charge in [0.15, 0.2) is 0 Å². The highest BCUT2D eigenvalue weighted by Crippen LogP contribution is 2.29. The summed E-state index contributed by atoms with van der Waals surface area (Å²) in [6.07, 6.45) is 0. The van der Waals surface area contributed by atoms with Crippen LogP contribution in [0.2, 0.25) is 0 Å². The van der Waals surface area contributed by atoms with Crippen molar-refractivity contribution in [3.8, 4) is 0 Å². The monoisotopic (exact) mass is 246 g/mol. The highest BCUT2D eigenvalue weighted by molar-refractivity contribution is 7.92. The van der Waals surface area contributed by atoms with E-state index in [4.69, 9.17) is 0 Å². The second kappa shape index (κ2) is 3.74. The highest BCUT2D eigenvalue weighted by atomic mass is 32.2. The minimum atomic E-state index is -3.30. The molecule has 0 saturated carbocycles. The molecule has 0 atom stereocenters. The predicted octanol–water partition coefficient (Wildman–Crippen LogP) is 1.86. The number of allylic oxidation sites excluding steroid dienone is 1. The maximum atomic E-state index is 12.1. The molecule has 0 aromatic rings. The molecule has 1 aliphatic heterocycles. The summed E-state index contributed by atoms with van der Waals surface area (Å²) >= 11 is 0. The molecular weight excluding hydrogens is 224 g/mol. The van der Waals surface area contributed by atoms with Gasteiger partial charge in [-0.2, -0.15) is 4.31 Å². The lowest BCUT2D eigenvalue weighted by atomic mass is 9.93. The van der Waals surface area contributed by atoms with Crippen LogP contribution < -0.4 is 5.32 Å². The van der Waals surface area contributed by atoms with E-state index in [0.717, 1.165) is 5.70 Å². The molecule has 0 unspecified atom stereocenters. The number of sulfonamides is 1. The zero-order valence-corrected chi connectivity index (χ0v) is 11.8. The Hall–Kier alpha value is -0.550. The van der Waals surface area contributed by atoms with E-state index in [9.17, 15) is 8.42 Å². The summed E-state index contributed by atoms with van der Waals surface area (Å²) < 4.78 is 25.7. The Morgan fingerprint density at radius 3 is 2.00 bits per heavy atom. The normalized spacial score (nSPS) is 22.5. The summed E-state index contributed by atoms with van der Waals surface area (Å²) in [4.78, 5) is 0. The van der Waals surface area contributed by atoms with Crippen molar-refractivity contribution in [3.63, 3.8) is 0 Å². The van der Waals surface area contributed by atoms with E-state index in [1.807, 2.05) is 41.5 Å². The predicted molar refractivity (Wildman–Crippen MR) is 66.1 cm³/mol. The Morgan fingerprint density at radius 2 is 1.69 bits per heavy atom. The molecule has 0 bridgehead atoms. The van der Waals surface area contributed by atoms with Gasteiger partial charge in [0.25, 0.3) is 0 Å². The minimum absolute atomic E-state index is 0.170. The molecule has 1 heterocycles. The molecule has 0 aromatic heterocycles. The van der Waals surface area contributed by atoms with Gasteiger partial charge in [0.1, 0.15) is 0 Å². The first-order valence-corrected chi connectivity index (χ1v) is 6.94. The third-order valence-electron chi connectivity index (χ3n) is 2.54. The van der Waals surface area contributed by atoms with Crippen molar-refractivity contribution >= 4 is 10.0 Å². The molecule has 0 saturated heterocycles. The standard InChI is InChI=1S/C11H22N2O2S/c1-10(2,3)9-7-16(14,15)13(8-12-9)11(4,5)6/h7,12H,8H2,1-6H3. The van der Waals surface area contributed by atoms with Crippen LogP contribution in [0.4, 0.5) is 0 Å². The Labute approximate surface area is 98.8 Å². The van der Waals surface area contributed by atoms with Gasteiger partial charge in [-0.15, -0.1) is 0 Å². The fourth-order valence-electron chi connectivity index (χ4n) is 1.56. The average Bonchev–Trinajstić information content (AvgIpc) is 1.97. The maximum absolute atomic E-state index is 12.1. The lowest BCUT2D eigenvalue weighted by Crippen LogP contribution is -2.52. The lowest BCUT2D eigenvalue weighted by Gasteiger charge is -2.39. The Kier molecular flexibility index (Phi) is 3.16. The molecule has 16 heavy (non-hydrogen) atoms. The lowest BCUT2D eigenvalue weighted by molar-refractivity contribution is 0.231. The highest BCUT2D eigenvalue weighted by Gasteiger charge is 2.36. The molecule has 0 amide bonds. The number of rotatable bonds is 0. The van der Waals surface area contributed by atoms with E-state index in [1.165, 1.54) is 9.71 Å². The van der Waals surface area contributed by atoms with Gasteiger partial charge in [-0.1, -0.05) is 20.8 Å². The molecule has 0 fully saturated rings. The van der Waals surface area contributed by atoms with Gasteiger partial charge in [0, 0.05) is 16.7 Å². The van der Waals surface area contributed by atoms with Crippen LogP contribution in [0.1, 0.15) is 41.5 Å². The van der Waals surface area contributed by atoms with Crippen LogP contribution in [0, 0.1) is 5.41 Å². The molecule has 0 radical (unpaired) electrons. The molecule has 1 aliphatic rings. The summed E-state index contributed by atoms with van der Waals surface area (Å²) in [5.74, 6) is 0. The molecule has 1 N–H and O–H groups in total. The average molecular weight is 246 g/mol. The van der Waals surface area contributed by atoms with Crippen molar-refractivity contribution in [1.82, 2.24) is 9.62 Å². The second-order valence-corrected chi connectivity index (χ2v) is 7.89. The first-order chi connectivity index (χ1) is 6.94. The molecule has 0 aromatic carbocycles. The summed E-state index contributed by atoms with van der Waals surface area (Å²) in [5.41, 5.74) is 0.205. The van der Waals surface area contributed by atoms with E-state index < -0.39 is 15.6 Å². The number of nitrogens with zero attached hydrogens (tertiary/aromatic N) is 1. The quantitative estimate of drug-likeness (QED) is 0.710. The fraction of sp³-hybridized carbons (Fsp3) is 0.818. The molecule has 5 heteroatoms. The maximum Gasteiger partial charge on any atom is 0.239 e. The molecular formula is C11H22N2O2S. The van der Waals surface area contributed by atoms with Crippen LogP contribution in [-0.2, 0) is 10.0 Å². The van der Waals surface area contributed by atoms with Gasteiger partial charge in [-0.05, 0) is 20.8 Å². The van der Waals surface area contributed by atoms with Crippen molar-refractivity contribution in [3.05, 3.63) is 11.1 Å². The van der Waals surface area contributed by atoms with Crippen LogP contribution in [-0.4, -0.2) is 24.9 Å². The van der Waals surface area contributed by atoms with Crippen LogP contribution in [0.5, 0.6) is 0 Å². The number of hydrogen-bond acceptors (Lipinski definition) is 3. The smallest absolute Gasteiger partial charge is 0.239 e. The number of hydrogen-bond donors (Lipinski definition) is 1. The summed E-state index contributed by atoms with van der Waals surface area (Å²) in [6.45, 7) is 12.0. The Balaban J connectivity index is 3.13. The van der Waals surface area contributed by atoms with Crippen molar-refractivity contribution in [2.75, 3.05) is 6.67 Å². The van der Waals surface area contributed by atoms with E-state index >= 15 is 0 Å². The van der Waals surface area contributed by atoms with Gasteiger partial charge in [0.05, 0.1) is 12.1 Å². The molecule has 1 rings (SSSR count). The molecule has 0 aliphatic carbocycles. The SMILES string of the molecule is CC(C)(C)C1=CS(=O)(=O)N(C(C)(C)C)CN1. The Bertz CT molecular complexity index is 397. The van der Waals surface area contributed by atoms with Crippen LogP contribution in [0.25, 0.3) is 0 Å². The largest absolute Gasteiger partial charge is 0.374 e. The van der Waals surface area contributed by atoms with E-state index in [0.29, 0.717) is 6.67 Å². The Morgan fingerprint density at radius 1 is 1.19 bits per heavy atom. The summed E-state index contributed by atoms with van der Waals surface area (Å²) in [7, 11) is -3.30. The van der Waals surface area contributed by atoms with Crippen molar-refractivity contribution < 1.29 is 8.42 Å². The van der Waals surface area contributed by atoms with Crippen LogP contribution in [0.3, 0.4) is 0 Å². The van der Waals surface area contributed by atoms with E-state index in [2.05, 4.69) is 5.32 Å². The minimum Gasteiger partial charge on any atom is -0.374 e. The molecule has 0 spiro atoms. The van der Waals surface area contributed by atoms with Gasteiger partial charge >= 0.3 is 0 Å². The van der Waals surface area contributed by atoms with Crippen LogP contribution in [0.15, 0.2) is 11.1 Å². The van der Waals surface area contributed by atoms with Gasteiger partial charge < -0.3 is 5.32 Å². The first-order valence-electron chi connectivity index (χ1n) is 5.43. The first kappa shape index (κ1) is 13.5. The van der Waals surface area contributed by atoms with E-state index in [-0.39, 0.29) is 5.41 Å². The summed E-state index contributed by atoms with van der Waals surface area (Å²) in [6, 6.07) is 0. The van der Waals surface area contributed by atoms with E-state index in [1.54, 1.807) is 0 Å². The fourth-order valence-corrected chi connectivity index (χ4v) is 3.43. The zero-order valence-electron chi connectivity index (χ0n) is 11.0. The third-order valence-corrected chi connectivity index (χ3v) is 4.37. The molecule has 4 nitrogen and oxygen atoms in total. The number of nitrogens with one attached hydrogen (secondary N) is 1. The van der Waals surface area contributed by atoms with Gasteiger partial charge in [0.2, 0.25) is 10.0 Å². The van der Waals surface area contributed by atoms with Crippen LogP contribution >= 0.6 is 0 Å². The van der Waals surface area contributed by atoms with Crippen molar-refractivity contribution in [2.24, 2.45) is 5.41 Å². The topological polar surface area (TPSA) is 49.4 Å². The zero-order chi connectivity index (χ0) is 12.8. The van der Waals surface area contributed by atoms with Gasteiger partial charge in [-0.3, -0.25) is 0 Å².